The first-order valence-electron chi connectivity index (χ1n) is 9.26. The third kappa shape index (κ3) is 8.15. The van der Waals surface area contributed by atoms with Gasteiger partial charge in [-0.2, -0.15) is 0 Å². The van der Waals surface area contributed by atoms with Gasteiger partial charge in [0, 0.05) is 18.7 Å². The molecular formula is C18H30N4O6. The largest absolute Gasteiger partial charge is 0.377 e. The minimum Gasteiger partial charge on any atom is -0.377 e. The van der Waals surface area contributed by atoms with Gasteiger partial charge in [-0.25, -0.2) is 0 Å². The summed E-state index contributed by atoms with van der Waals surface area (Å²) in [6, 6.07) is -1.34. The number of amides is 4. The Bertz CT molecular complexity index is 573. The van der Waals surface area contributed by atoms with E-state index in [4.69, 9.17) is 15.2 Å². The van der Waals surface area contributed by atoms with E-state index in [1.165, 1.54) is 12.2 Å². The van der Waals surface area contributed by atoms with E-state index in [2.05, 4.69) is 10.6 Å². The van der Waals surface area contributed by atoms with Crippen LogP contribution in [0.5, 0.6) is 0 Å². The van der Waals surface area contributed by atoms with Crippen LogP contribution in [0.2, 0.25) is 0 Å². The summed E-state index contributed by atoms with van der Waals surface area (Å²) in [5, 5.41) is 5.34. The normalized spacial score (nSPS) is 15.8. The first-order valence-corrected chi connectivity index (χ1v) is 9.26. The second-order valence-electron chi connectivity index (χ2n) is 6.70. The van der Waals surface area contributed by atoms with Gasteiger partial charge in [-0.3, -0.25) is 24.1 Å². The second-order valence-corrected chi connectivity index (χ2v) is 6.70. The van der Waals surface area contributed by atoms with E-state index in [9.17, 15) is 19.2 Å². The monoisotopic (exact) mass is 398 g/mol. The van der Waals surface area contributed by atoms with Crippen LogP contribution in [0.4, 0.5) is 0 Å². The van der Waals surface area contributed by atoms with Gasteiger partial charge in [0.05, 0.1) is 39.0 Å². The molecule has 10 nitrogen and oxygen atoms in total. The number of nitrogens with one attached hydrogen (secondary N) is 2. The Balaban J connectivity index is 2.09. The molecule has 0 fully saturated rings. The fourth-order valence-corrected chi connectivity index (χ4v) is 2.31. The van der Waals surface area contributed by atoms with E-state index in [1.54, 1.807) is 6.92 Å². The molecule has 0 aromatic carbocycles. The van der Waals surface area contributed by atoms with Crippen LogP contribution >= 0.6 is 0 Å². The van der Waals surface area contributed by atoms with Crippen LogP contribution in [0.1, 0.15) is 20.8 Å². The van der Waals surface area contributed by atoms with Crippen LogP contribution < -0.4 is 16.4 Å². The Hall–Kier alpha value is -2.30. The highest BCUT2D eigenvalue weighted by atomic mass is 16.5. The van der Waals surface area contributed by atoms with E-state index < -0.39 is 12.1 Å². The van der Waals surface area contributed by atoms with Gasteiger partial charge in [0.1, 0.15) is 6.04 Å². The summed E-state index contributed by atoms with van der Waals surface area (Å²) in [7, 11) is 0. The molecule has 2 atom stereocenters. The van der Waals surface area contributed by atoms with E-state index in [0.29, 0.717) is 19.8 Å². The lowest BCUT2D eigenvalue weighted by atomic mass is 10.0. The SMILES string of the molecule is CC(C)[C@@H](NC(=O)[C@@H](C)N)C(=O)NCCOCCOCCN1C(=O)C=CC1=O. The number of carbonyl (C=O) groups excluding carboxylic acids is 4. The molecule has 1 rings (SSSR count). The highest BCUT2D eigenvalue weighted by Crippen LogP contribution is 2.03. The van der Waals surface area contributed by atoms with E-state index in [-0.39, 0.29) is 49.3 Å². The summed E-state index contributed by atoms with van der Waals surface area (Å²) >= 11 is 0. The zero-order valence-corrected chi connectivity index (χ0v) is 16.6. The molecule has 10 heteroatoms. The number of imide groups is 1. The van der Waals surface area contributed by atoms with Gasteiger partial charge in [-0.1, -0.05) is 13.8 Å². The number of rotatable bonds is 13. The summed E-state index contributed by atoms with van der Waals surface area (Å²) in [5.41, 5.74) is 5.51. The number of hydrogen-bond acceptors (Lipinski definition) is 7. The van der Waals surface area contributed by atoms with Gasteiger partial charge in [0.25, 0.3) is 11.8 Å². The van der Waals surface area contributed by atoms with Gasteiger partial charge in [-0.05, 0) is 12.8 Å². The lowest BCUT2D eigenvalue weighted by molar-refractivity contribution is -0.137. The van der Waals surface area contributed by atoms with Crippen LogP contribution in [0.25, 0.3) is 0 Å². The average Bonchev–Trinajstić information content (AvgIpc) is 2.95. The maximum absolute atomic E-state index is 12.2. The van der Waals surface area contributed by atoms with Crippen LogP contribution in [0, 0.1) is 5.92 Å². The lowest BCUT2D eigenvalue weighted by Crippen LogP contribution is -2.53. The van der Waals surface area contributed by atoms with Crippen molar-refractivity contribution < 1.29 is 28.7 Å². The van der Waals surface area contributed by atoms with Crippen LogP contribution in [0.15, 0.2) is 12.2 Å². The van der Waals surface area contributed by atoms with E-state index in [0.717, 1.165) is 4.90 Å². The van der Waals surface area contributed by atoms with Crippen LogP contribution in [-0.4, -0.2) is 80.1 Å². The van der Waals surface area contributed by atoms with Crippen molar-refractivity contribution in [2.75, 3.05) is 39.5 Å². The molecule has 4 N–H and O–H groups in total. The van der Waals surface area contributed by atoms with Crippen molar-refractivity contribution in [3.63, 3.8) is 0 Å². The third-order valence-corrected chi connectivity index (χ3v) is 3.94. The highest BCUT2D eigenvalue weighted by molar-refractivity contribution is 6.12. The molecule has 0 radical (unpaired) electrons. The Morgan fingerprint density at radius 3 is 2.11 bits per heavy atom. The molecule has 0 unspecified atom stereocenters. The fourth-order valence-electron chi connectivity index (χ4n) is 2.31. The molecule has 0 bridgehead atoms. The van der Waals surface area contributed by atoms with Gasteiger partial charge < -0.3 is 25.8 Å². The third-order valence-electron chi connectivity index (χ3n) is 3.94. The van der Waals surface area contributed by atoms with Crippen LogP contribution in [0.3, 0.4) is 0 Å². The minimum absolute atomic E-state index is 0.0819. The highest BCUT2D eigenvalue weighted by Gasteiger charge is 2.25. The van der Waals surface area contributed by atoms with E-state index >= 15 is 0 Å². The molecule has 0 aromatic heterocycles. The number of ether oxygens (including phenoxy) is 2. The zero-order valence-electron chi connectivity index (χ0n) is 16.6. The molecule has 0 saturated carbocycles. The lowest BCUT2D eigenvalue weighted by Gasteiger charge is -2.22. The first kappa shape index (κ1) is 23.7. The molecule has 0 aliphatic carbocycles. The predicted octanol–water partition coefficient (Wildman–Crippen LogP) is -1.45. The molecule has 28 heavy (non-hydrogen) atoms. The summed E-state index contributed by atoms with van der Waals surface area (Å²) in [6.45, 7) is 6.84. The summed E-state index contributed by atoms with van der Waals surface area (Å²) in [4.78, 5) is 47.6. The predicted molar refractivity (Wildman–Crippen MR) is 101 cm³/mol. The van der Waals surface area contributed by atoms with Crippen molar-refractivity contribution in [3.8, 4) is 0 Å². The number of nitrogens with two attached hydrogens (primary N) is 1. The number of hydrogen-bond donors (Lipinski definition) is 3. The topological polar surface area (TPSA) is 140 Å². The Labute approximate surface area is 164 Å². The smallest absolute Gasteiger partial charge is 0.253 e. The van der Waals surface area contributed by atoms with Gasteiger partial charge in [0.2, 0.25) is 11.8 Å². The molecule has 1 heterocycles. The quantitative estimate of drug-likeness (QED) is 0.255. The van der Waals surface area contributed by atoms with Gasteiger partial charge in [-0.15, -0.1) is 0 Å². The van der Waals surface area contributed by atoms with Gasteiger partial charge in [0.15, 0.2) is 0 Å². The average molecular weight is 398 g/mol. The summed E-state index contributed by atoms with van der Waals surface area (Å²) in [6.07, 6.45) is 2.46. The van der Waals surface area contributed by atoms with Gasteiger partial charge >= 0.3 is 0 Å². The zero-order chi connectivity index (χ0) is 21.1. The van der Waals surface area contributed by atoms with Crippen molar-refractivity contribution in [1.29, 1.82) is 0 Å². The summed E-state index contributed by atoms with van der Waals surface area (Å²) in [5.74, 6) is -1.43. The van der Waals surface area contributed by atoms with Crippen molar-refractivity contribution in [1.82, 2.24) is 15.5 Å². The van der Waals surface area contributed by atoms with Crippen molar-refractivity contribution >= 4 is 23.6 Å². The van der Waals surface area contributed by atoms with Crippen LogP contribution in [-0.2, 0) is 28.7 Å². The number of nitrogens with zero attached hydrogens (tertiary/aromatic N) is 1. The maximum atomic E-state index is 12.2. The second kappa shape index (κ2) is 12.2. The fraction of sp³-hybridized carbons (Fsp3) is 0.667. The number of carbonyl (C=O) groups is 4. The molecule has 0 aromatic rings. The summed E-state index contributed by atoms with van der Waals surface area (Å²) < 4.78 is 10.7. The molecule has 0 spiro atoms. The standard InChI is InChI=1S/C18H30N4O6/c1-12(2)16(21-17(25)13(3)19)18(26)20-6-8-27-10-11-28-9-7-22-14(23)4-5-15(22)24/h4-5,12-13,16H,6-11,19H2,1-3H3,(H,20,26)(H,21,25)/t13-,16-/m1/s1. The van der Waals surface area contributed by atoms with Crippen molar-refractivity contribution in [2.24, 2.45) is 11.7 Å². The van der Waals surface area contributed by atoms with Crippen molar-refractivity contribution in [3.05, 3.63) is 12.2 Å². The Morgan fingerprint density at radius 1 is 1.00 bits per heavy atom. The molecule has 0 saturated heterocycles. The first-order chi connectivity index (χ1) is 13.2. The Morgan fingerprint density at radius 2 is 1.57 bits per heavy atom. The Kier molecular flexibility index (Phi) is 10.4. The maximum Gasteiger partial charge on any atom is 0.253 e. The van der Waals surface area contributed by atoms with Crippen molar-refractivity contribution in [2.45, 2.75) is 32.9 Å². The minimum atomic E-state index is -0.685. The molecule has 1 aliphatic rings. The molecule has 1 aliphatic heterocycles. The molecule has 158 valence electrons. The van der Waals surface area contributed by atoms with E-state index in [1.807, 2.05) is 13.8 Å². The molecular weight excluding hydrogens is 368 g/mol. The molecule has 4 amide bonds.